The summed E-state index contributed by atoms with van der Waals surface area (Å²) in [5.41, 5.74) is 2.16. The van der Waals surface area contributed by atoms with E-state index in [1.54, 1.807) is 38.2 Å². The van der Waals surface area contributed by atoms with E-state index in [9.17, 15) is 14.4 Å². The summed E-state index contributed by atoms with van der Waals surface area (Å²) in [6, 6.07) is 10.5. The molecule has 1 aromatic heterocycles. The lowest BCUT2D eigenvalue weighted by atomic mass is 9.85. The van der Waals surface area contributed by atoms with Crippen LogP contribution in [0.5, 0.6) is 0 Å². The van der Waals surface area contributed by atoms with Gasteiger partial charge in [-0.25, -0.2) is 9.48 Å². The Morgan fingerprint density at radius 1 is 1.06 bits per heavy atom. The van der Waals surface area contributed by atoms with Gasteiger partial charge in [-0.1, -0.05) is 24.3 Å². The molecule has 0 unspecified atom stereocenters. The molecule has 3 aromatic rings. The van der Waals surface area contributed by atoms with Gasteiger partial charge in [0.25, 0.3) is 5.56 Å². The first kappa shape index (κ1) is 20.7. The Balaban J connectivity index is 2.04. The number of nitrogens with zero attached hydrogens (tertiary/aromatic N) is 4. The van der Waals surface area contributed by atoms with Crippen molar-refractivity contribution in [1.29, 1.82) is 0 Å². The maximum absolute atomic E-state index is 13.5. The molecule has 0 aliphatic heterocycles. The van der Waals surface area contributed by atoms with Gasteiger partial charge in [0.2, 0.25) is 0 Å². The number of carbonyl (C=O) groups is 2. The Morgan fingerprint density at radius 3 is 2.45 bits per heavy atom. The predicted octanol–water partition coefficient (Wildman–Crippen LogP) is 2.76. The topological polar surface area (TPSA) is 84.7 Å². The zero-order valence-corrected chi connectivity index (χ0v) is 18.0. The fourth-order valence-corrected chi connectivity index (χ4v) is 3.86. The summed E-state index contributed by atoms with van der Waals surface area (Å²) in [6.45, 7) is 3.00. The second-order valence-corrected chi connectivity index (χ2v) is 7.70. The molecule has 8 nitrogen and oxygen atoms in total. The highest BCUT2D eigenvalue weighted by Crippen LogP contribution is 2.40. The van der Waals surface area contributed by atoms with E-state index in [0.717, 1.165) is 0 Å². The van der Waals surface area contributed by atoms with Crippen molar-refractivity contribution in [1.82, 2.24) is 14.7 Å². The molecule has 0 spiro atoms. The largest absolute Gasteiger partial charge is 0.449 e. The zero-order valence-electron chi connectivity index (χ0n) is 18.0. The van der Waals surface area contributed by atoms with Crippen molar-refractivity contribution < 1.29 is 14.3 Å². The molecule has 0 saturated heterocycles. The van der Waals surface area contributed by atoms with Gasteiger partial charge in [-0.3, -0.25) is 14.5 Å². The van der Waals surface area contributed by atoms with E-state index in [1.165, 1.54) is 9.58 Å². The third-order valence-corrected chi connectivity index (χ3v) is 5.42. The van der Waals surface area contributed by atoms with E-state index < -0.39 is 6.09 Å². The second kappa shape index (κ2) is 7.96. The van der Waals surface area contributed by atoms with Crippen LogP contribution in [0.25, 0.3) is 22.0 Å². The summed E-state index contributed by atoms with van der Waals surface area (Å²) >= 11 is 0. The molecule has 1 heterocycles. The maximum Gasteiger partial charge on any atom is 0.414 e. The van der Waals surface area contributed by atoms with Crippen LogP contribution in [0.1, 0.15) is 22.8 Å². The average molecular weight is 420 g/mol. The predicted molar refractivity (Wildman–Crippen MR) is 119 cm³/mol. The zero-order chi connectivity index (χ0) is 22.3. The van der Waals surface area contributed by atoms with Crippen LogP contribution in [0.2, 0.25) is 0 Å². The Bertz CT molecular complexity index is 1260. The van der Waals surface area contributed by atoms with Crippen molar-refractivity contribution in [3.63, 3.8) is 0 Å². The number of fused-ring (bicyclic) bond motifs is 2. The summed E-state index contributed by atoms with van der Waals surface area (Å²) in [4.78, 5) is 42.3. The number of amides is 1. The van der Waals surface area contributed by atoms with Crippen LogP contribution >= 0.6 is 0 Å². The van der Waals surface area contributed by atoms with E-state index in [-0.39, 0.29) is 17.9 Å². The highest BCUT2D eigenvalue weighted by Gasteiger charge is 2.32. The van der Waals surface area contributed by atoms with Crippen LogP contribution in [0.3, 0.4) is 0 Å². The molecule has 1 amide bonds. The summed E-state index contributed by atoms with van der Waals surface area (Å²) < 4.78 is 6.56. The highest BCUT2D eigenvalue weighted by molar-refractivity contribution is 6.28. The van der Waals surface area contributed by atoms with Gasteiger partial charge < -0.3 is 9.64 Å². The van der Waals surface area contributed by atoms with Gasteiger partial charge in [0.05, 0.1) is 29.8 Å². The molecule has 0 bridgehead atoms. The molecule has 1 aliphatic carbocycles. The molecular formula is C23H24N4O4. The molecule has 4 rings (SSSR count). The van der Waals surface area contributed by atoms with Crippen LogP contribution in [-0.4, -0.2) is 60.9 Å². The molecule has 0 saturated carbocycles. The summed E-state index contributed by atoms with van der Waals surface area (Å²) in [5.74, 6) is -0.243. The molecule has 0 fully saturated rings. The molecule has 0 atom stereocenters. The van der Waals surface area contributed by atoms with Crippen molar-refractivity contribution in [3.8, 4) is 11.3 Å². The smallest absolute Gasteiger partial charge is 0.414 e. The number of hydrogen-bond acceptors (Lipinski definition) is 6. The van der Waals surface area contributed by atoms with Crippen LogP contribution in [0.15, 0.2) is 41.2 Å². The van der Waals surface area contributed by atoms with E-state index in [1.807, 2.05) is 31.1 Å². The monoisotopic (exact) mass is 420 g/mol. The number of ketones is 1. The van der Waals surface area contributed by atoms with Crippen LogP contribution < -0.4 is 10.5 Å². The van der Waals surface area contributed by atoms with Crippen LogP contribution in [0.4, 0.5) is 10.5 Å². The second-order valence-electron chi connectivity index (χ2n) is 7.70. The average Bonchev–Trinajstić information content (AvgIpc) is 2.76. The SMILES string of the molecule is CCOC(=O)N(C)c1ccc2c(=O)n(CCN(C)C)nc3c2c1C(=O)c1ccccc1-3. The first-order chi connectivity index (χ1) is 14.8. The summed E-state index contributed by atoms with van der Waals surface area (Å²) in [7, 11) is 5.41. The van der Waals surface area contributed by atoms with Gasteiger partial charge in [0.15, 0.2) is 5.78 Å². The van der Waals surface area contributed by atoms with E-state index >= 15 is 0 Å². The number of anilines is 1. The number of benzene rings is 2. The molecule has 8 heteroatoms. The Morgan fingerprint density at radius 2 is 1.77 bits per heavy atom. The first-order valence-corrected chi connectivity index (χ1v) is 10.1. The first-order valence-electron chi connectivity index (χ1n) is 10.1. The van der Waals surface area contributed by atoms with Gasteiger partial charge in [0, 0.05) is 30.1 Å². The van der Waals surface area contributed by atoms with E-state index in [2.05, 4.69) is 5.10 Å². The lowest BCUT2D eigenvalue weighted by Gasteiger charge is -2.25. The third kappa shape index (κ3) is 3.38. The maximum atomic E-state index is 13.5. The van der Waals surface area contributed by atoms with Crippen LogP contribution in [0, 0.1) is 0 Å². The standard InChI is InChI=1S/C23H24N4O4/c1-5-31-23(30)26(4)17-11-10-16-18-19(17)21(28)15-9-7-6-8-14(15)20(18)24-27(22(16)29)13-12-25(2)3/h6-11H,5,12-13H2,1-4H3. The number of rotatable bonds is 5. The number of likely N-dealkylation sites (N-methyl/N-ethyl adjacent to an activating group) is 1. The molecule has 2 aromatic carbocycles. The number of ether oxygens (including phenoxy) is 1. The highest BCUT2D eigenvalue weighted by atomic mass is 16.6. The van der Waals surface area contributed by atoms with Gasteiger partial charge in [-0.15, -0.1) is 0 Å². The van der Waals surface area contributed by atoms with Crippen molar-refractivity contribution in [3.05, 3.63) is 57.9 Å². The lowest BCUT2D eigenvalue weighted by Crippen LogP contribution is -2.32. The molecule has 0 N–H and O–H groups in total. The van der Waals surface area contributed by atoms with Gasteiger partial charge >= 0.3 is 6.09 Å². The van der Waals surface area contributed by atoms with E-state index in [4.69, 9.17) is 4.74 Å². The lowest BCUT2D eigenvalue weighted by molar-refractivity contribution is 0.104. The van der Waals surface area contributed by atoms with Crippen molar-refractivity contribution in [2.45, 2.75) is 13.5 Å². The molecule has 1 aliphatic rings. The van der Waals surface area contributed by atoms with Crippen molar-refractivity contribution >= 4 is 28.3 Å². The fraction of sp³-hybridized carbons (Fsp3) is 0.304. The molecule has 31 heavy (non-hydrogen) atoms. The Kier molecular flexibility index (Phi) is 5.32. The normalized spacial score (nSPS) is 12.2. The van der Waals surface area contributed by atoms with Crippen LogP contribution in [-0.2, 0) is 11.3 Å². The minimum Gasteiger partial charge on any atom is -0.449 e. The summed E-state index contributed by atoms with van der Waals surface area (Å²) in [6.07, 6.45) is -0.571. The van der Waals surface area contributed by atoms with Crippen molar-refractivity contribution in [2.24, 2.45) is 0 Å². The number of aromatic nitrogens is 2. The van der Waals surface area contributed by atoms with Crippen molar-refractivity contribution in [2.75, 3.05) is 39.2 Å². The molecular weight excluding hydrogens is 396 g/mol. The third-order valence-electron chi connectivity index (χ3n) is 5.42. The molecule has 160 valence electrons. The quantitative estimate of drug-likeness (QED) is 0.494. The van der Waals surface area contributed by atoms with Gasteiger partial charge in [-0.2, -0.15) is 5.10 Å². The number of hydrogen-bond donors (Lipinski definition) is 0. The minimum atomic E-state index is -0.571. The fourth-order valence-electron chi connectivity index (χ4n) is 3.86. The minimum absolute atomic E-state index is 0.215. The van der Waals surface area contributed by atoms with Gasteiger partial charge in [-0.05, 0) is 33.2 Å². The van der Waals surface area contributed by atoms with E-state index in [0.29, 0.717) is 51.9 Å². The van der Waals surface area contributed by atoms with Gasteiger partial charge in [0.1, 0.15) is 5.69 Å². The number of carbonyl (C=O) groups excluding carboxylic acids is 2. The summed E-state index contributed by atoms with van der Waals surface area (Å²) in [5, 5.41) is 5.53. The Labute approximate surface area is 179 Å². The Hall–Kier alpha value is -3.52. The molecule has 0 radical (unpaired) electrons.